The number of fused-ring (bicyclic) bond motifs is 2. The van der Waals surface area contributed by atoms with E-state index in [4.69, 9.17) is 0 Å². The fourth-order valence-electron chi connectivity index (χ4n) is 5.61. The van der Waals surface area contributed by atoms with Crippen molar-refractivity contribution in [2.75, 3.05) is 36.0 Å². The van der Waals surface area contributed by atoms with Crippen LogP contribution in [0.15, 0.2) is 42.5 Å². The van der Waals surface area contributed by atoms with E-state index in [1.165, 1.54) is 136 Å². The molecule has 2 fully saturated rings. The third-order valence-electron chi connectivity index (χ3n) is 8.10. The van der Waals surface area contributed by atoms with Gasteiger partial charge < -0.3 is 33.8 Å². The van der Waals surface area contributed by atoms with Crippen molar-refractivity contribution in [3.63, 3.8) is 0 Å². The van der Waals surface area contributed by atoms with Gasteiger partial charge >= 0.3 is 0 Å². The van der Waals surface area contributed by atoms with Gasteiger partial charge in [-0.3, -0.25) is 0 Å². The zero-order valence-electron chi connectivity index (χ0n) is 21.8. The SMILES string of the molecule is CCCCCCCCCCCC[n+]1c2cc(N3CCC3)ccc2cc2ccc(N3CCC3)cc21.[I-]. The summed E-state index contributed by atoms with van der Waals surface area (Å²) < 4.78 is 2.64. The van der Waals surface area contributed by atoms with Crippen molar-refractivity contribution >= 4 is 33.2 Å². The van der Waals surface area contributed by atoms with Gasteiger partial charge in [0.25, 0.3) is 0 Å². The van der Waals surface area contributed by atoms with Crippen LogP contribution in [0.2, 0.25) is 0 Å². The summed E-state index contributed by atoms with van der Waals surface area (Å²) in [6.07, 6.45) is 16.5. The maximum atomic E-state index is 2.64. The van der Waals surface area contributed by atoms with Gasteiger partial charge in [-0.2, -0.15) is 4.57 Å². The van der Waals surface area contributed by atoms with Crippen molar-refractivity contribution in [3.8, 4) is 0 Å². The van der Waals surface area contributed by atoms with Gasteiger partial charge in [0.2, 0.25) is 11.0 Å². The summed E-state index contributed by atoms with van der Waals surface area (Å²) >= 11 is 0. The van der Waals surface area contributed by atoms with E-state index < -0.39 is 0 Å². The highest BCUT2D eigenvalue weighted by Crippen LogP contribution is 2.29. The van der Waals surface area contributed by atoms with E-state index in [-0.39, 0.29) is 24.0 Å². The quantitative estimate of drug-likeness (QED) is 0.125. The van der Waals surface area contributed by atoms with Crippen LogP contribution < -0.4 is 38.3 Å². The molecule has 5 rings (SSSR count). The summed E-state index contributed by atoms with van der Waals surface area (Å²) in [5.74, 6) is 0. The van der Waals surface area contributed by atoms with E-state index in [0.717, 1.165) is 6.54 Å². The van der Waals surface area contributed by atoms with Crippen LogP contribution in [-0.2, 0) is 6.54 Å². The molecule has 3 nitrogen and oxygen atoms in total. The number of anilines is 2. The third-order valence-corrected chi connectivity index (χ3v) is 8.10. The molecular formula is C31H44IN3. The van der Waals surface area contributed by atoms with Crippen LogP contribution in [0.5, 0.6) is 0 Å². The molecule has 2 aliphatic rings. The first kappa shape index (κ1) is 26.5. The molecule has 190 valence electrons. The standard InChI is InChI=1S/C31H44N3.HI/c1-2-3-4-5-6-7-8-9-10-11-22-34-30-24-28(32-18-12-19-32)16-14-26(30)23-27-15-17-29(25-31(27)34)33-20-13-21-33;/h14-17,23-25H,2-13,18-22H2,1H3;1H/q+1;/p-1. The number of nitrogens with zero attached hydrogens (tertiary/aromatic N) is 3. The summed E-state index contributed by atoms with van der Waals surface area (Å²) in [5, 5.41) is 2.75. The second-order valence-electron chi connectivity index (χ2n) is 10.6. The van der Waals surface area contributed by atoms with E-state index in [9.17, 15) is 0 Å². The second-order valence-corrected chi connectivity index (χ2v) is 10.6. The number of aryl methyl sites for hydroxylation is 1. The maximum Gasteiger partial charge on any atom is 0.215 e. The first-order valence-electron chi connectivity index (χ1n) is 14.2. The smallest absolute Gasteiger partial charge is 0.215 e. The molecular weight excluding hydrogens is 541 g/mol. The lowest BCUT2D eigenvalue weighted by Crippen LogP contribution is -3.00. The average Bonchev–Trinajstić information content (AvgIpc) is 2.78. The number of benzene rings is 2. The minimum atomic E-state index is 0. The molecule has 4 heteroatoms. The number of pyridine rings is 1. The summed E-state index contributed by atoms with van der Waals surface area (Å²) in [6, 6.07) is 16.7. The lowest BCUT2D eigenvalue weighted by atomic mass is 10.0. The largest absolute Gasteiger partial charge is 1.00 e. The van der Waals surface area contributed by atoms with Gasteiger partial charge in [0, 0.05) is 66.9 Å². The van der Waals surface area contributed by atoms with Gasteiger partial charge in [-0.25, -0.2) is 0 Å². The minimum Gasteiger partial charge on any atom is -1.00 e. The van der Waals surface area contributed by atoms with Gasteiger partial charge in [-0.05, 0) is 49.6 Å². The lowest BCUT2D eigenvalue weighted by Gasteiger charge is -2.33. The molecule has 2 saturated heterocycles. The molecule has 0 N–H and O–H groups in total. The van der Waals surface area contributed by atoms with E-state index in [2.05, 4.69) is 63.8 Å². The van der Waals surface area contributed by atoms with Crippen LogP contribution in [0, 0.1) is 0 Å². The van der Waals surface area contributed by atoms with E-state index in [1.54, 1.807) is 0 Å². The predicted molar refractivity (Wildman–Crippen MR) is 147 cm³/mol. The highest BCUT2D eigenvalue weighted by atomic mass is 127. The zero-order valence-corrected chi connectivity index (χ0v) is 23.9. The molecule has 0 unspecified atom stereocenters. The van der Waals surface area contributed by atoms with Crippen LogP contribution in [-0.4, -0.2) is 26.2 Å². The summed E-state index contributed by atoms with van der Waals surface area (Å²) in [5.41, 5.74) is 5.62. The second kappa shape index (κ2) is 13.1. The van der Waals surface area contributed by atoms with Crippen LogP contribution in [0.25, 0.3) is 21.8 Å². The van der Waals surface area contributed by atoms with Crippen LogP contribution in [0.3, 0.4) is 0 Å². The fraction of sp³-hybridized carbons (Fsp3) is 0.581. The molecule has 1 aromatic heterocycles. The lowest BCUT2D eigenvalue weighted by molar-refractivity contribution is -0.645. The van der Waals surface area contributed by atoms with Crippen LogP contribution in [0.4, 0.5) is 11.4 Å². The Bertz CT molecular complexity index is 1020. The van der Waals surface area contributed by atoms with E-state index in [0.29, 0.717) is 0 Å². The number of aromatic nitrogens is 1. The summed E-state index contributed by atoms with van der Waals surface area (Å²) in [4.78, 5) is 5.04. The summed E-state index contributed by atoms with van der Waals surface area (Å²) in [6.45, 7) is 8.24. The number of hydrogen-bond donors (Lipinski definition) is 0. The van der Waals surface area contributed by atoms with Crippen LogP contribution >= 0.6 is 0 Å². The topological polar surface area (TPSA) is 10.4 Å². The predicted octanol–water partition coefficient (Wildman–Crippen LogP) is 4.63. The molecule has 0 amide bonds. The Balaban J connectivity index is 0.00000289. The molecule has 0 bridgehead atoms. The number of hydrogen-bond acceptors (Lipinski definition) is 2. The van der Waals surface area contributed by atoms with Crippen molar-refractivity contribution in [2.45, 2.75) is 90.5 Å². The van der Waals surface area contributed by atoms with Gasteiger partial charge in [0.15, 0.2) is 0 Å². The van der Waals surface area contributed by atoms with E-state index >= 15 is 0 Å². The molecule has 0 radical (unpaired) electrons. The summed E-state index contributed by atoms with van der Waals surface area (Å²) in [7, 11) is 0. The maximum absolute atomic E-state index is 2.64. The molecule has 0 saturated carbocycles. The Morgan fingerprint density at radius 2 is 1.06 bits per heavy atom. The van der Waals surface area contributed by atoms with Gasteiger partial charge in [-0.15, -0.1) is 0 Å². The Morgan fingerprint density at radius 1 is 0.600 bits per heavy atom. The monoisotopic (exact) mass is 585 g/mol. The van der Waals surface area contributed by atoms with E-state index in [1.807, 2.05) is 0 Å². The first-order valence-corrected chi connectivity index (χ1v) is 14.2. The molecule has 3 aromatic rings. The zero-order chi connectivity index (χ0) is 23.2. The van der Waals surface area contributed by atoms with Gasteiger partial charge in [0.05, 0.1) is 0 Å². The molecule has 0 atom stereocenters. The number of unbranched alkanes of at least 4 members (excludes halogenated alkanes) is 9. The normalized spacial score (nSPS) is 15.2. The number of halogens is 1. The highest BCUT2D eigenvalue weighted by Gasteiger charge is 2.22. The van der Waals surface area contributed by atoms with Crippen molar-refractivity contribution in [2.24, 2.45) is 0 Å². The Morgan fingerprint density at radius 3 is 1.49 bits per heavy atom. The fourth-order valence-corrected chi connectivity index (χ4v) is 5.61. The van der Waals surface area contributed by atoms with Gasteiger partial charge in [-0.1, -0.05) is 58.3 Å². The highest BCUT2D eigenvalue weighted by molar-refractivity contribution is 5.91. The van der Waals surface area contributed by atoms with Crippen molar-refractivity contribution in [1.82, 2.24) is 0 Å². The van der Waals surface area contributed by atoms with Crippen molar-refractivity contribution < 1.29 is 28.5 Å². The Labute approximate surface area is 229 Å². The van der Waals surface area contributed by atoms with Crippen molar-refractivity contribution in [3.05, 3.63) is 42.5 Å². The average molecular weight is 586 g/mol. The first-order chi connectivity index (χ1) is 16.8. The van der Waals surface area contributed by atoms with Crippen LogP contribution in [0.1, 0.15) is 84.0 Å². The molecule has 2 aliphatic heterocycles. The third kappa shape index (κ3) is 6.42. The molecule has 0 spiro atoms. The molecule has 3 heterocycles. The number of rotatable bonds is 13. The van der Waals surface area contributed by atoms with Crippen molar-refractivity contribution in [1.29, 1.82) is 0 Å². The Kier molecular flexibility index (Phi) is 9.93. The minimum absolute atomic E-state index is 0. The Hall–Kier alpha value is -1.56. The van der Waals surface area contributed by atoms with Gasteiger partial charge in [0.1, 0.15) is 6.54 Å². The molecule has 0 aliphatic carbocycles. The molecule has 35 heavy (non-hydrogen) atoms. The molecule has 2 aromatic carbocycles.